The summed E-state index contributed by atoms with van der Waals surface area (Å²) in [4.78, 5) is 28.0. The summed E-state index contributed by atoms with van der Waals surface area (Å²) in [5.74, 6) is 0.478. The van der Waals surface area contributed by atoms with Crippen molar-refractivity contribution in [2.45, 2.75) is 25.9 Å². The number of methoxy groups -OCH3 is 2. The molecule has 0 saturated heterocycles. The van der Waals surface area contributed by atoms with Crippen molar-refractivity contribution in [3.8, 4) is 11.5 Å². The number of ether oxygens (including phenoxy) is 2. The van der Waals surface area contributed by atoms with Crippen LogP contribution in [0.25, 0.3) is 0 Å². The number of amides is 2. The van der Waals surface area contributed by atoms with Crippen LogP contribution in [-0.4, -0.2) is 37.2 Å². The average molecular weight is 539 g/mol. The molecule has 0 aromatic heterocycles. The topological polar surface area (TPSA) is 91.9 Å². The van der Waals surface area contributed by atoms with Gasteiger partial charge in [-0.25, -0.2) is 0 Å². The lowest BCUT2D eigenvalue weighted by atomic mass is 10.0. The van der Waals surface area contributed by atoms with Crippen molar-refractivity contribution in [3.63, 3.8) is 0 Å². The molecule has 2 amide bonds. The summed E-state index contributed by atoms with van der Waals surface area (Å²) >= 11 is 11.9. The molecule has 8 nitrogen and oxygen atoms in total. The number of carbonyl (C=O) groups is 2. The lowest BCUT2D eigenvalue weighted by molar-refractivity contribution is -0.122. The Kier molecular flexibility index (Phi) is 8.15. The van der Waals surface area contributed by atoms with Gasteiger partial charge in [0, 0.05) is 17.6 Å². The molecule has 0 spiro atoms. The second-order valence-corrected chi connectivity index (χ2v) is 9.25. The Morgan fingerprint density at radius 3 is 2.54 bits per heavy atom. The summed E-state index contributed by atoms with van der Waals surface area (Å²) in [7, 11) is 3.11. The summed E-state index contributed by atoms with van der Waals surface area (Å²) < 4.78 is 10.6. The van der Waals surface area contributed by atoms with Crippen LogP contribution in [0.4, 0.5) is 17.1 Å². The van der Waals surface area contributed by atoms with Crippen LogP contribution in [0.2, 0.25) is 5.02 Å². The molecular weight excluding hydrogens is 512 g/mol. The van der Waals surface area contributed by atoms with Gasteiger partial charge in [-0.3, -0.25) is 9.59 Å². The third-order valence-corrected chi connectivity index (χ3v) is 6.74. The van der Waals surface area contributed by atoms with Crippen molar-refractivity contribution in [3.05, 3.63) is 76.8 Å². The maximum Gasteiger partial charge on any atom is 0.248 e. The minimum absolute atomic E-state index is 0.144. The second kappa shape index (κ2) is 11.5. The van der Waals surface area contributed by atoms with Gasteiger partial charge in [-0.1, -0.05) is 35.9 Å². The largest absolute Gasteiger partial charge is 0.497 e. The van der Waals surface area contributed by atoms with Crippen molar-refractivity contribution in [1.82, 2.24) is 5.32 Å². The van der Waals surface area contributed by atoms with Gasteiger partial charge >= 0.3 is 0 Å². The minimum Gasteiger partial charge on any atom is -0.497 e. The Morgan fingerprint density at radius 2 is 1.84 bits per heavy atom. The van der Waals surface area contributed by atoms with Gasteiger partial charge in [0.2, 0.25) is 11.8 Å². The van der Waals surface area contributed by atoms with Crippen LogP contribution >= 0.6 is 23.8 Å². The zero-order valence-corrected chi connectivity index (χ0v) is 22.2. The molecule has 37 heavy (non-hydrogen) atoms. The van der Waals surface area contributed by atoms with E-state index in [4.69, 9.17) is 33.3 Å². The van der Waals surface area contributed by atoms with Gasteiger partial charge in [-0.15, -0.1) is 0 Å². The summed E-state index contributed by atoms with van der Waals surface area (Å²) in [5.41, 5.74) is 3.56. The molecule has 3 aromatic carbocycles. The number of nitrogens with one attached hydrogen (secondary N) is 3. The second-order valence-electron chi connectivity index (χ2n) is 8.45. The molecule has 4 rings (SSSR count). The minimum atomic E-state index is -0.870. The number of aryl methyl sites for hydroxylation is 1. The number of thiocarbonyl (C=S) groups is 1. The van der Waals surface area contributed by atoms with E-state index in [2.05, 4.69) is 16.0 Å². The van der Waals surface area contributed by atoms with E-state index in [1.54, 1.807) is 30.2 Å². The lowest BCUT2D eigenvalue weighted by Crippen LogP contribution is -2.55. The predicted molar refractivity (Wildman–Crippen MR) is 150 cm³/mol. The Bertz CT molecular complexity index is 1330. The van der Waals surface area contributed by atoms with Gasteiger partial charge in [0.1, 0.15) is 17.5 Å². The fourth-order valence-electron chi connectivity index (χ4n) is 4.04. The van der Waals surface area contributed by atoms with Crippen LogP contribution in [-0.2, 0) is 16.1 Å². The molecule has 1 aliphatic rings. The zero-order chi connectivity index (χ0) is 26.5. The van der Waals surface area contributed by atoms with E-state index in [0.717, 1.165) is 16.9 Å². The van der Waals surface area contributed by atoms with E-state index in [9.17, 15) is 9.59 Å². The van der Waals surface area contributed by atoms with Gasteiger partial charge in [0.25, 0.3) is 0 Å². The number of hydrogen-bond donors (Lipinski definition) is 3. The van der Waals surface area contributed by atoms with E-state index >= 15 is 0 Å². The monoisotopic (exact) mass is 538 g/mol. The quantitative estimate of drug-likeness (QED) is 0.369. The molecule has 1 atom stereocenters. The SMILES string of the molecule is COc1ccc(CNC(=S)N2c3ccccc3NC(=O)[C@@H]2CC(=O)Nc2cc(C)c(Cl)cc2OC)cc1. The van der Waals surface area contributed by atoms with Crippen LogP contribution in [0.15, 0.2) is 60.7 Å². The van der Waals surface area contributed by atoms with Crippen molar-refractivity contribution < 1.29 is 19.1 Å². The Morgan fingerprint density at radius 1 is 1.11 bits per heavy atom. The molecular formula is C27H27ClN4O4S. The molecule has 0 unspecified atom stereocenters. The molecule has 0 saturated carbocycles. The fourth-order valence-corrected chi connectivity index (χ4v) is 4.49. The first kappa shape index (κ1) is 26.2. The zero-order valence-electron chi connectivity index (χ0n) is 20.6. The van der Waals surface area contributed by atoms with Crippen LogP contribution in [0.5, 0.6) is 11.5 Å². The van der Waals surface area contributed by atoms with Crippen molar-refractivity contribution in [1.29, 1.82) is 0 Å². The number of carbonyl (C=O) groups excluding carboxylic acids is 2. The number of para-hydroxylation sites is 2. The van der Waals surface area contributed by atoms with Crippen molar-refractivity contribution >= 4 is 57.8 Å². The highest BCUT2D eigenvalue weighted by molar-refractivity contribution is 7.80. The molecule has 0 fully saturated rings. The van der Waals surface area contributed by atoms with Gasteiger partial charge in [-0.2, -0.15) is 0 Å². The first-order valence-corrected chi connectivity index (χ1v) is 12.3. The Hall–Kier alpha value is -3.82. The van der Waals surface area contributed by atoms with Crippen LogP contribution in [0.1, 0.15) is 17.5 Å². The maximum atomic E-state index is 13.2. The number of halogens is 1. The number of rotatable bonds is 7. The standard InChI is InChI=1S/C27H27ClN4O4S/c1-16-12-21(24(36-3)13-19(16)28)30-25(33)14-23-26(34)31-20-6-4-5-7-22(20)32(23)27(37)29-15-17-8-10-18(35-2)11-9-17/h4-13,23H,14-15H2,1-3H3,(H,29,37)(H,30,33)(H,31,34)/t23-/m0/s1. The van der Waals surface area contributed by atoms with E-state index in [0.29, 0.717) is 39.5 Å². The normalized spacial score (nSPS) is 14.3. The third-order valence-electron chi connectivity index (χ3n) is 5.99. The van der Waals surface area contributed by atoms with Crippen LogP contribution in [0.3, 0.4) is 0 Å². The van der Waals surface area contributed by atoms with Gasteiger partial charge < -0.3 is 30.3 Å². The molecule has 1 heterocycles. The number of hydrogen-bond acceptors (Lipinski definition) is 5. The van der Waals surface area contributed by atoms with E-state index in [1.165, 1.54) is 7.11 Å². The maximum absolute atomic E-state index is 13.2. The van der Waals surface area contributed by atoms with E-state index < -0.39 is 6.04 Å². The van der Waals surface area contributed by atoms with Crippen molar-refractivity contribution in [2.75, 3.05) is 29.8 Å². The summed E-state index contributed by atoms with van der Waals surface area (Å²) in [6.07, 6.45) is -0.144. The number of nitrogens with zero attached hydrogens (tertiary/aromatic N) is 1. The first-order valence-electron chi connectivity index (χ1n) is 11.5. The predicted octanol–water partition coefficient (Wildman–Crippen LogP) is 4.90. The molecule has 0 bridgehead atoms. The molecule has 3 N–H and O–H groups in total. The smallest absolute Gasteiger partial charge is 0.248 e. The fraction of sp³-hybridized carbons (Fsp3) is 0.222. The highest BCUT2D eigenvalue weighted by Crippen LogP contribution is 2.34. The molecule has 0 aliphatic carbocycles. The lowest BCUT2D eigenvalue weighted by Gasteiger charge is -2.38. The van der Waals surface area contributed by atoms with Gasteiger partial charge in [-0.05, 0) is 60.6 Å². The number of benzene rings is 3. The third kappa shape index (κ3) is 5.95. The number of anilines is 3. The summed E-state index contributed by atoms with van der Waals surface area (Å²) in [5, 5.41) is 9.81. The Balaban J connectivity index is 1.55. The van der Waals surface area contributed by atoms with Crippen molar-refractivity contribution in [2.24, 2.45) is 0 Å². The highest BCUT2D eigenvalue weighted by Gasteiger charge is 2.36. The summed E-state index contributed by atoms with van der Waals surface area (Å²) in [6.45, 7) is 2.26. The molecule has 3 aromatic rings. The molecule has 1 aliphatic heterocycles. The molecule has 192 valence electrons. The highest BCUT2D eigenvalue weighted by atomic mass is 35.5. The first-order chi connectivity index (χ1) is 17.8. The molecule has 0 radical (unpaired) electrons. The van der Waals surface area contributed by atoms with Gasteiger partial charge in [0.15, 0.2) is 5.11 Å². The molecule has 10 heteroatoms. The van der Waals surface area contributed by atoms with Gasteiger partial charge in [0.05, 0.1) is 37.7 Å². The average Bonchev–Trinajstić information content (AvgIpc) is 2.90. The van der Waals surface area contributed by atoms with E-state index in [-0.39, 0.29) is 18.2 Å². The van der Waals surface area contributed by atoms with E-state index in [1.807, 2.05) is 49.4 Å². The summed E-state index contributed by atoms with van der Waals surface area (Å²) in [6, 6.07) is 17.4. The van der Waals surface area contributed by atoms with Crippen LogP contribution < -0.4 is 30.3 Å². The number of fused-ring (bicyclic) bond motifs is 1. The Labute approximate surface area is 225 Å². The van der Waals surface area contributed by atoms with Crippen LogP contribution in [0, 0.1) is 6.92 Å².